The van der Waals surface area contributed by atoms with Crippen LogP contribution < -0.4 is 14.2 Å². The van der Waals surface area contributed by atoms with E-state index in [-0.39, 0.29) is 17.9 Å². The molecular formula is C30H33NO7. The number of aliphatic hydroxyl groups excluding tert-OH is 1. The molecule has 2 heterocycles. The second kappa shape index (κ2) is 11.9. The first-order valence-corrected chi connectivity index (χ1v) is 12.7. The summed E-state index contributed by atoms with van der Waals surface area (Å²) in [5, 5.41) is 11.3. The highest BCUT2D eigenvalue weighted by Crippen LogP contribution is 2.43. The van der Waals surface area contributed by atoms with Crippen LogP contribution in [0.25, 0.3) is 5.76 Å². The quantitative estimate of drug-likeness (QED) is 0.196. The van der Waals surface area contributed by atoms with Crippen LogP contribution in [0.15, 0.2) is 70.9 Å². The monoisotopic (exact) mass is 519 g/mol. The van der Waals surface area contributed by atoms with Crippen molar-refractivity contribution < 1.29 is 33.3 Å². The van der Waals surface area contributed by atoms with Crippen molar-refractivity contribution in [1.82, 2.24) is 4.90 Å². The van der Waals surface area contributed by atoms with E-state index in [2.05, 4.69) is 13.8 Å². The highest BCUT2D eigenvalue weighted by Gasteiger charge is 2.46. The van der Waals surface area contributed by atoms with Crippen molar-refractivity contribution in [2.24, 2.45) is 5.92 Å². The van der Waals surface area contributed by atoms with Crippen LogP contribution in [0, 0.1) is 5.92 Å². The number of ketones is 1. The van der Waals surface area contributed by atoms with Gasteiger partial charge >= 0.3 is 0 Å². The zero-order chi connectivity index (χ0) is 27.2. The van der Waals surface area contributed by atoms with Crippen LogP contribution in [-0.4, -0.2) is 42.0 Å². The van der Waals surface area contributed by atoms with Crippen LogP contribution in [0.3, 0.4) is 0 Å². The van der Waals surface area contributed by atoms with Gasteiger partial charge in [-0.1, -0.05) is 19.9 Å². The second-order valence-corrected chi connectivity index (χ2v) is 9.41. The highest BCUT2D eigenvalue weighted by molar-refractivity contribution is 6.46. The van der Waals surface area contributed by atoms with Gasteiger partial charge in [-0.25, -0.2) is 0 Å². The summed E-state index contributed by atoms with van der Waals surface area (Å²) in [4.78, 5) is 28.0. The number of carbonyl (C=O) groups excluding carboxylic acids is 2. The van der Waals surface area contributed by atoms with Gasteiger partial charge in [-0.15, -0.1) is 0 Å². The Kier molecular flexibility index (Phi) is 8.41. The summed E-state index contributed by atoms with van der Waals surface area (Å²) >= 11 is 0. The number of methoxy groups -OCH3 is 1. The standard InChI is InChI=1S/C30H33NO7/c1-5-36-22-11-8-20(9-12-22)28(32)26-27(31(30(34)29(26)33)18-23-7-6-15-37-23)21-10-13-24(25(17-21)35-4)38-16-14-19(2)3/h6-13,15,17,19,27,32H,5,14,16,18H2,1-4H3/b28-26-. The van der Waals surface area contributed by atoms with E-state index >= 15 is 0 Å². The Morgan fingerprint density at radius 3 is 2.45 bits per heavy atom. The van der Waals surface area contributed by atoms with Crippen LogP contribution in [-0.2, 0) is 16.1 Å². The van der Waals surface area contributed by atoms with Crippen LogP contribution in [0.4, 0.5) is 0 Å². The summed E-state index contributed by atoms with van der Waals surface area (Å²) in [6, 6.07) is 14.6. The number of Topliss-reactive ketones (excluding diaryl/α,β-unsaturated/α-hetero) is 1. The molecule has 1 aliphatic rings. The first kappa shape index (κ1) is 26.9. The molecule has 1 aromatic heterocycles. The summed E-state index contributed by atoms with van der Waals surface area (Å²) in [5.74, 6) is 0.899. The third-order valence-corrected chi connectivity index (χ3v) is 6.34. The van der Waals surface area contributed by atoms with E-state index in [0.29, 0.717) is 53.3 Å². The van der Waals surface area contributed by atoms with Crippen molar-refractivity contribution in [2.45, 2.75) is 39.8 Å². The predicted molar refractivity (Wildman–Crippen MR) is 142 cm³/mol. The zero-order valence-corrected chi connectivity index (χ0v) is 22.1. The van der Waals surface area contributed by atoms with Gasteiger partial charge in [-0.2, -0.15) is 0 Å². The number of hydrogen-bond acceptors (Lipinski definition) is 7. The van der Waals surface area contributed by atoms with Gasteiger partial charge in [0, 0.05) is 5.56 Å². The molecule has 0 aliphatic carbocycles. The highest BCUT2D eigenvalue weighted by atomic mass is 16.5. The van der Waals surface area contributed by atoms with E-state index in [1.165, 1.54) is 18.3 Å². The Bertz CT molecular complexity index is 1290. The molecule has 4 rings (SSSR count). The van der Waals surface area contributed by atoms with E-state index in [4.69, 9.17) is 18.6 Å². The molecule has 0 saturated carbocycles. The Morgan fingerprint density at radius 2 is 1.82 bits per heavy atom. The van der Waals surface area contributed by atoms with Gasteiger partial charge in [0.25, 0.3) is 11.7 Å². The molecule has 8 heteroatoms. The Hall–Kier alpha value is -4.20. The molecular weight excluding hydrogens is 486 g/mol. The average molecular weight is 520 g/mol. The Balaban J connectivity index is 1.78. The number of likely N-dealkylation sites (tertiary alicyclic amines) is 1. The number of ether oxygens (including phenoxy) is 3. The molecule has 3 aromatic rings. The summed E-state index contributed by atoms with van der Waals surface area (Å²) in [5.41, 5.74) is 0.979. The number of benzene rings is 2. The predicted octanol–water partition coefficient (Wildman–Crippen LogP) is 5.73. The maximum atomic E-state index is 13.3. The van der Waals surface area contributed by atoms with Crippen LogP contribution in [0.2, 0.25) is 0 Å². The minimum absolute atomic E-state index is 0.0127. The minimum atomic E-state index is -0.870. The fourth-order valence-corrected chi connectivity index (χ4v) is 4.37. The molecule has 0 spiro atoms. The number of carbonyl (C=O) groups is 2. The van der Waals surface area contributed by atoms with Crippen LogP contribution in [0.5, 0.6) is 17.2 Å². The Labute approximate surface area is 222 Å². The maximum Gasteiger partial charge on any atom is 0.296 e. The summed E-state index contributed by atoms with van der Waals surface area (Å²) < 4.78 is 22.5. The number of nitrogens with zero attached hydrogens (tertiary/aromatic N) is 1. The molecule has 0 bridgehead atoms. The first-order chi connectivity index (χ1) is 18.3. The van der Waals surface area contributed by atoms with Crippen molar-refractivity contribution >= 4 is 17.4 Å². The fourth-order valence-electron chi connectivity index (χ4n) is 4.37. The van der Waals surface area contributed by atoms with Crippen molar-refractivity contribution in [1.29, 1.82) is 0 Å². The molecule has 200 valence electrons. The van der Waals surface area contributed by atoms with Crippen molar-refractivity contribution in [3.63, 3.8) is 0 Å². The van der Waals surface area contributed by atoms with E-state index < -0.39 is 17.7 Å². The lowest BCUT2D eigenvalue weighted by atomic mass is 9.95. The van der Waals surface area contributed by atoms with Crippen molar-refractivity contribution in [3.8, 4) is 17.2 Å². The van der Waals surface area contributed by atoms with E-state index in [0.717, 1.165) is 6.42 Å². The van der Waals surface area contributed by atoms with Crippen molar-refractivity contribution in [3.05, 3.63) is 83.3 Å². The molecule has 8 nitrogen and oxygen atoms in total. The first-order valence-electron chi connectivity index (χ1n) is 12.7. The normalized spacial score (nSPS) is 16.8. The van der Waals surface area contributed by atoms with Gasteiger partial charge in [0.2, 0.25) is 0 Å². The Morgan fingerprint density at radius 1 is 1.05 bits per heavy atom. The molecule has 1 unspecified atom stereocenters. The fraction of sp³-hybridized carbons (Fsp3) is 0.333. The largest absolute Gasteiger partial charge is 0.507 e. The molecule has 1 saturated heterocycles. The number of amides is 1. The lowest BCUT2D eigenvalue weighted by molar-refractivity contribution is -0.140. The third kappa shape index (κ3) is 5.69. The van der Waals surface area contributed by atoms with Gasteiger partial charge < -0.3 is 28.6 Å². The molecule has 1 atom stereocenters. The summed E-state index contributed by atoms with van der Waals surface area (Å²) in [6.07, 6.45) is 2.39. The lowest BCUT2D eigenvalue weighted by Crippen LogP contribution is -2.29. The molecule has 1 amide bonds. The van der Waals surface area contributed by atoms with Crippen LogP contribution >= 0.6 is 0 Å². The molecule has 0 radical (unpaired) electrons. The SMILES string of the molecule is CCOc1ccc(/C(O)=C2/C(=O)C(=O)N(Cc3ccco3)C2c2ccc(OCCC(C)C)c(OC)c2)cc1. The van der Waals surface area contributed by atoms with Gasteiger partial charge in [0.15, 0.2) is 11.5 Å². The molecule has 1 aliphatic heterocycles. The topological polar surface area (TPSA) is 98.4 Å². The van der Waals surface area contributed by atoms with Gasteiger partial charge in [-0.3, -0.25) is 9.59 Å². The van der Waals surface area contributed by atoms with Gasteiger partial charge in [-0.05, 0) is 73.4 Å². The minimum Gasteiger partial charge on any atom is -0.507 e. The summed E-state index contributed by atoms with van der Waals surface area (Å²) in [7, 11) is 1.54. The van der Waals surface area contributed by atoms with E-state index in [1.54, 1.807) is 54.6 Å². The number of rotatable bonds is 11. The van der Waals surface area contributed by atoms with Crippen LogP contribution in [0.1, 0.15) is 50.1 Å². The molecule has 38 heavy (non-hydrogen) atoms. The number of hydrogen-bond donors (Lipinski definition) is 1. The average Bonchev–Trinajstić information content (AvgIpc) is 3.51. The molecule has 1 fully saturated rings. The molecule has 2 aromatic carbocycles. The number of aliphatic hydroxyl groups is 1. The third-order valence-electron chi connectivity index (χ3n) is 6.34. The van der Waals surface area contributed by atoms with Gasteiger partial charge in [0.1, 0.15) is 17.3 Å². The van der Waals surface area contributed by atoms with Crippen molar-refractivity contribution in [2.75, 3.05) is 20.3 Å². The molecule has 1 N–H and O–H groups in total. The maximum absolute atomic E-state index is 13.3. The van der Waals surface area contributed by atoms with E-state index in [9.17, 15) is 14.7 Å². The second-order valence-electron chi connectivity index (χ2n) is 9.41. The van der Waals surface area contributed by atoms with Gasteiger partial charge in [0.05, 0.1) is 44.7 Å². The number of furan rings is 1. The summed E-state index contributed by atoms with van der Waals surface area (Å²) in [6.45, 7) is 7.21. The lowest BCUT2D eigenvalue weighted by Gasteiger charge is -2.25. The smallest absolute Gasteiger partial charge is 0.296 e. The van der Waals surface area contributed by atoms with E-state index in [1.807, 2.05) is 6.92 Å². The zero-order valence-electron chi connectivity index (χ0n) is 22.1.